The Hall–Kier alpha value is -2.96. The van der Waals surface area contributed by atoms with E-state index >= 15 is 0 Å². The lowest BCUT2D eigenvalue weighted by atomic mass is 10.2. The Labute approximate surface area is 149 Å². The second kappa shape index (κ2) is 7.51. The fourth-order valence-corrected chi connectivity index (χ4v) is 2.38. The lowest BCUT2D eigenvalue weighted by Gasteiger charge is -2.16. The minimum atomic E-state index is -1.02. The maximum absolute atomic E-state index is 13.2. The summed E-state index contributed by atoms with van der Waals surface area (Å²) in [6.07, 6.45) is 1.88. The Bertz CT molecular complexity index is 820. The lowest BCUT2D eigenvalue weighted by Crippen LogP contribution is -2.31. The highest BCUT2D eigenvalue weighted by atomic mass is 19.2. The van der Waals surface area contributed by atoms with Crippen LogP contribution < -0.4 is 16.0 Å². The second-order valence-corrected chi connectivity index (χ2v) is 6.33. The van der Waals surface area contributed by atoms with Gasteiger partial charge in [0.05, 0.1) is 0 Å². The van der Waals surface area contributed by atoms with Crippen molar-refractivity contribution < 1.29 is 18.4 Å². The van der Waals surface area contributed by atoms with Crippen molar-refractivity contribution in [3.05, 3.63) is 54.1 Å². The second-order valence-electron chi connectivity index (χ2n) is 6.33. The molecular weight excluding hydrogens is 340 g/mol. The highest BCUT2D eigenvalue weighted by Gasteiger charge is 2.29. The van der Waals surface area contributed by atoms with Crippen molar-refractivity contribution in [2.24, 2.45) is 5.92 Å². The fourth-order valence-electron chi connectivity index (χ4n) is 2.38. The summed E-state index contributed by atoms with van der Waals surface area (Å²) in [7, 11) is 0. The number of halogens is 2. The van der Waals surface area contributed by atoms with Gasteiger partial charge < -0.3 is 16.0 Å². The van der Waals surface area contributed by atoms with Gasteiger partial charge in [-0.3, -0.25) is 9.59 Å². The summed E-state index contributed by atoms with van der Waals surface area (Å²) >= 11 is 0. The number of amides is 2. The topological polar surface area (TPSA) is 70.2 Å². The number of nitrogens with one attached hydrogen (secondary N) is 3. The number of carbonyl (C=O) groups excluding carboxylic acids is 2. The third-order valence-electron chi connectivity index (χ3n) is 4.06. The van der Waals surface area contributed by atoms with E-state index in [0.29, 0.717) is 11.4 Å². The van der Waals surface area contributed by atoms with Crippen LogP contribution in [0, 0.1) is 17.6 Å². The summed E-state index contributed by atoms with van der Waals surface area (Å²) in [6.45, 7) is 1.65. The van der Waals surface area contributed by atoms with Crippen molar-refractivity contribution in [2.45, 2.75) is 25.8 Å². The van der Waals surface area contributed by atoms with Crippen LogP contribution in [0.15, 0.2) is 42.5 Å². The maximum Gasteiger partial charge on any atom is 0.246 e. The maximum atomic E-state index is 13.2. The molecule has 2 aromatic rings. The molecule has 0 bridgehead atoms. The zero-order valence-corrected chi connectivity index (χ0v) is 14.2. The van der Waals surface area contributed by atoms with Gasteiger partial charge in [0.2, 0.25) is 11.8 Å². The summed E-state index contributed by atoms with van der Waals surface area (Å²) in [6, 6.07) is 9.59. The predicted octanol–water partition coefficient (Wildman–Crippen LogP) is 3.75. The molecule has 0 unspecified atom stereocenters. The zero-order valence-electron chi connectivity index (χ0n) is 14.2. The Morgan fingerprint density at radius 1 is 0.923 bits per heavy atom. The number of carbonyl (C=O) groups is 2. The number of rotatable bonds is 6. The first-order valence-electron chi connectivity index (χ1n) is 8.36. The van der Waals surface area contributed by atoms with Gasteiger partial charge in [-0.25, -0.2) is 8.78 Å². The molecule has 0 heterocycles. The zero-order chi connectivity index (χ0) is 18.7. The van der Waals surface area contributed by atoms with Crippen LogP contribution in [0.2, 0.25) is 0 Å². The number of hydrogen-bond acceptors (Lipinski definition) is 3. The quantitative estimate of drug-likeness (QED) is 0.736. The van der Waals surface area contributed by atoms with E-state index in [2.05, 4.69) is 16.0 Å². The molecule has 1 saturated carbocycles. The van der Waals surface area contributed by atoms with E-state index in [1.54, 1.807) is 31.2 Å². The van der Waals surface area contributed by atoms with Gasteiger partial charge in [0.1, 0.15) is 6.04 Å². The van der Waals surface area contributed by atoms with E-state index in [-0.39, 0.29) is 23.4 Å². The first-order valence-corrected chi connectivity index (χ1v) is 8.36. The van der Waals surface area contributed by atoms with Crippen LogP contribution in [-0.4, -0.2) is 17.9 Å². The van der Waals surface area contributed by atoms with Crippen molar-refractivity contribution >= 4 is 28.9 Å². The van der Waals surface area contributed by atoms with Crippen molar-refractivity contribution in [3.8, 4) is 0 Å². The molecule has 0 saturated heterocycles. The lowest BCUT2D eigenvalue weighted by molar-refractivity contribution is -0.117. The Kier molecular flexibility index (Phi) is 5.16. The van der Waals surface area contributed by atoms with E-state index in [1.807, 2.05) is 0 Å². The van der Waals surface area contributed by atoms with Crippen molar-refractivity contribution in [3.63, 3.8) is 0 Å². The van der Waals surface area contributed by atoms with E-state index in [0.717, 1.165) is 25.0 Å². The summed E-state index contributed by atoms with van der Waals surface area (Å²) in [5.74, 6) is -2.21. The monoisotopic (exact) mass is 359 g/mol. The molecule has 136 valence electrons. The molecule has 7 heteroatoms. The Morgan fingerprint density at radius 2 is 1.54 bits per heavy atom. The van der Waals surface area contributed by atoms with Crippen molar-refractivity contribution in [1.82, 2.24) is 0 Å². The molecule has 2 aromatic carbocycles. The molecule has 0 radical (unpaired) electrons. The molecule has 1 aliphatic carbocycles. The van der Waals surface area contributed by atoms with Crippen LogP contribution in [0.4, 0.5) is 25.8 Å². The molecule has 26 heavy (non-hydrogen) atoms. The van der Waals surface area contributed by atoms with Crippen LogP contribution >= 0.6 is 0 Å². The molecule has 3 rings (SSSR count). The summed E-state index contributed by atoms with van der Waals surface area (Å²) < 4.78 is 26.1. The minimum absolute atomic E-state index is 0.0324. The molecule has 2 amide bonds. The van der Waals surface area contributed by atoms with Crippen LogP contribution in [0.3, 0.4) is 0 Å². The summed E-state index contributed by atoms with van der Waals surface area (Å²) in [5.41, 5.74) is 1.58. The van der Waals surface area contributed by atoms with Gasteiger partial charge in [-0.2, -0.15) is 0 Å². The van der Waals surface area contributed by atoms with Crippen LogP contribution in [0.5, 0.6) is 0 Å². The molecule has 0 aromatic heterocycles. The highest BCUT2D eigenvalue weighted by Crippen LogP contribution is 2.30. The Morgan fingerprint density at radius 3 is 2.15 bits per heavy atom. The number of hydrogen-bond donors (Lipinski definition) is 3. The standard InChI is InChI=1S/C19H19F2N3O2/c1-11(18(25)24-15-8-9-16(20)17(21)10-15)22-13-4-6-14(7-5-13)23-19(26)12-2-3-12/h4-12,22H,2-3H2,1H3,(H,23,26)(H,24,25)/t11-/m0/s1. The van der Waals surface area contributed by atoms with Gasteiger partial charge in [-0.15, -0.1) is 0 Å². The third kappa shape index (κ3) is 4.56. The van der Waals surface area contributed by atoms with E-state index in [4.69, 9.17) is 0 Å². The van der Waals surface area contributed by atoms with Gasteiger partial charge in [0.25, 0.3) is 0 Å². The van der Waals surface area contributed by atoms with E-state index in [1.165, 1.54) is 6.07 Å². The molecule has 1 atom stereocenters. The van der Waals surface area contributed by atoms with Gasteiger partial charge in [0, 0.05) is 29.0 Å². The molecule has 0 spiro atoms. The smallest absolute Gasteiger partial charge is 0.246 e. The molecule has 1 aliphatic rings. The van der Waals surface area contributed by atoms with E-state index < -0.39 is 17.7 Å². The number of anilines is 3. The Balaban J connectivity index is 1.54. The highest BCUT2D eigenvalue weighted by molar-refractivity contribution is 5.96. The van der Waals surface area contributed by atoms with Gasteiger partial charge in [-0.05, 0) is 56.2 Å². The average molecular weight is 359 g/mol. The normalized spacial score (nSPS) is 14.4. The van der Waals surface area contributed by atoms with Crippen LogP contribution in [0.25, 0.3) is 0 Å². The fraction of sp³-hybridized carbons (Fsp3) is 0.263. The SMILES string of the molecule is C[C@H](Nc1ccc(NC(=O)C2CC2)cc1)C(=O)Nc1ccc(F)c(F)c1. The van der Waals surface area contributed by atoms with Gasteiger partial charge in [-0.1, -0.05) is 0 Å². The molecular formula is C19H19F2N3O2. The molecule has 3 N–H and O–H groups in total. The van der Waals surface area contributed by atoms with Crippen LogP contribution in [-0.2, 0) is 9.59 Å². The third-order valence-corrected chi connectivity index (χ3v) is 4.06. The van der Waals surface area contributed by atoms with Crippen molar-refractivity contribution in [1.29, 1.82) is 0 Å². The largest absolute Gasteiger partial charge is 0.374 e. The first-order chi connectivity index (χ1) is 12.4. The first kappa shape index (κ1) is 17.8. The molecule has 0 aliphatic heterocycles. The van der Waals surface area contributed by atoms with Crippen molar-refractivity contribution in [2.75, 3.05) is 16.0 Å². The predicted molar refractivity (Wildman–Crippen MR) is 95.9 cm³/mol. The minimum Gasteiger partial charge on any atom is -0.374 e. The summed E-state index contributed by atoms with van der Waals surface area (Å²) in [4.78, 5) is 23.9. The number of benzene rings is 2. The van der Waals surface area contributed by atoms with Gasteiger partial charge >= 0.3 is 0 Å². The molecule has 1 fully saturated rings. The molecule has 5 nitrogen and oxygen atoms in total. The van der Waals surface area contributed by atoms with E-state index in [9.17, 15) is 18.4 Å². The van der Waals surface area contributed by atoms with Crippen LogP contribution in [0.1, 0.15) is 19.8 Å². The summed E-state index contributed by atoms with van der Waals surface area (Å²) in [5, 5.41) is 8.37. The van der Waals surface area contributed by atoms with Gasteiger partial charge in [0.15, 0.2) is 11.6 Å². The average Bonchev–Trinajstić information content (AvgIpc) is 3.45.